The van der Waals surface area contributed by atoms with Gasteiger partial charge in [-0.1, -0.05) is 6.92 Å². The standard InChI is InChI=1S/C10H16ClN3O/c1-3-4-9-12-13-10(11)14(9)8-5-6-15-7(8)2/h7-8H,3-6H2,1-2H3. The molecule has 0 bridgehead atoms. The van der Waals surface area contributed by atoms with Crippen LogP contribution in [0.3, 0.4) is 0 Å². The second-order valence-electron chi connectivity index (χ2n) is 3.94. The van der Waals surface area contributed by atoms with Crippen LogP contribution < -0.4 is 0 Å². The minimum absolute atomic E-state index is 0.203. The zero-order valence-electron chi connectivity index (χ0n) is 9.11. The first-order chi connectivity index (χ1) is 7.24. The molecule has 0 aliphatic carbocycles. The fourth-order valence-electron chi connectivity index (χ4n) is 2.08. The molecule has 5 heteroatoms. The number of hydrogen-bond acceptors (Lipinski definition) is 3. The Morgan fingerprint density at radius 2 is 2.33 bits per heavy atom. The van der Waals surface area contributed by atoms with Gasteiger partial charge in [0, 0.05) is 13.0 Å². The highest BCUT2D eigenvalue weighted by molar-refractivity contribution is 6.28. The summed E-state index contributed by atoms with van der Waals surface area (Å²) in [5.41, 5.74) is 0. The molecule has 1 aromatic rings. The second-order valence-corrected chi connectivity index (χ2v) is 4.28. The predicted octanol–water partition coefficient (Wildman–Crippen LogP) is 2.23. The van der Waals surface area contributed by atoms with E-state index in [-0.39, 0.29) is 6.10 Å². The van der Waals surface area contributed by atoms with Crippen molar-refractivity contribution >= 4 is 11.6 Å². The van der Waals surface area contributed by atoms with E-state index in [1.54, 1.807) is 0 Å². The summed E-state index contributed by atoms with van der Waals surface area (Å²) in [6, 6.07) is 0.300. The molecule has 4 nitrogen and oxygen atoms in total. The third-order valence-electron chi connectivity index (χ3n) is 2.87. The zero-order chi connectivity index (χ0) is 10.8. The van der Waals surface area contributed by atoms with Crippen molar-refractivity contribution in [3.05, 3.63) is 11.1 Å². The lowest BCUT2D eigenvalue weighted by Crippen LogP contribution is -2.19. The summed E-state index contributed by atoms with van der Waals surface area (Å²) in [6.07, 6.45) is 3.17. The van der Waals surface area contributed by atoms with Crippen LogP contribution in [0.2, 0.25) is 5.28 Å². The molecule has 1 saturated heterocycles. The maximum atomic E-state index is 6.06. The molecule has 0 aromatic carbocycles. The molecule has 0 spiro atoms. The molecule has 2 heterocycles. The molecule has 0 N–H and O–H groups in total. The zero-order valence-corrected chi connectivity index (χ0v) is 9.87. The minimum Gasteiger partial charge on any atom is -0.376 e. The van der Waals surface area contributed by atoms with Crippen LogP contribution in [0.1, 0.15) is 38.6 Å². The summed E-state index contributed by atoms with van der Waals surface area (Å²) >= 11 is 6.06. The average molecular weight is 230 g/mol. The maximum absolute atomic E-state index is 6.06. The van der Waals surface area contributed by atoms with Gasteiger partial charge in [-0.2, -0.15) is 0 Å². The van der Waals surface area contributed by atoms with Crippen LogP contribution in [-0.2, 0) is 11.2 Å². The first-order valence-corrected chi connectivity index (χ1v) is 5.82. The van der Waals surface area contributed by atoms with Gasteiger partial charge in [-0.25, -0.2) is 0 Å². The molecule has 1 aromatic heterocycles. The first kappa shape index (κ1) is 10.9. The van der Waals surface area contributed by atoms with E-state index < -0.39 is 0 Å². The Morgan fingerprint density at radius 1 is 1.53 bits per heavy atom. The Bertz CT molecular complexity index is 339. The van der Waals surface area contributed by atoms with Gasteiger partial charge in [0.1, 0.15) is 5.82 Å². The van der Waals surface area contributed by atoms with Crippen molar-refractivity contribution in [2.24, 2.45) is 0 Å². The van der Waals surface area contributed by atoms with Crippen LogP contribution >= 0.6 is 11.6 Å². The van der Waals surface area contributed by atoms with Gasteiger partial charge in [-0.05, 0) is 31.4 Å². The molecule has 15 heavy (non-hydrogen) atoms. The lowest BCUT2D eigenvalue weighted by molar-refractivity contribution is 0.107. The maximum Gasteiger partial charge on any atom is 0.225 e. The smallest absolute Gasteiger partial charge is 0.225 e. The first-order valence-electron chi connectivity index (χ1n) is 5.45. The van der Waals surface area contributed by atoms with E-state index >= 15 is 0 Å². The summed E-state index contributed by atoms with van der Waals surface area (Å²) in [6.45, 7) is 5.00. The van der Waals surface area contributed by atoms with Gasteiger partial charge < -0.3 is 4.74 Å². The quantitative estimate of drug-likeness (QED) is 0.798. The number of aryl methyl sites for hydroxylation is 1. The molecule has 1 fully saturated rings. The number of hydrogen-bond donors (Lipinski definition) is 0. The molecule has 2 unspecified atom stereocenters. The van der Waals surface area contributed by atoms with E-state index in [1.165, 1.54) is 0 Å². The molecule has 0 amide bonds. The number of nitrogens with zero attached hydrogens (tertiary/aromatic N) is 3. The molecule has 1 aliphatic heterocycles. The SMILES string of the molecule is CCCc1nnc(Cl)n1C1CCOC1C. The summed E-state index contributed by atoms with van der Waals surface area (Å²) in [4.78, 5) is 0. The topological polar surface area (TPSA) is 39.9 Å². The summed E-state index contributed by atoms with van der Waals surface area (Å²) in [7, 11) is 0. The second kappa shape index (κ2) is 4.49. The van der Waals surface area contributed by atoms with E-state index in [0.717, 1.165) is 31.7 Å². The van der Waals surface area contributed by atoms with Crippen molar-refractivity contribution in [3.8, 4) is 0 Å². The Labute approximate surface area is 94.6 Å². The third kappa shape index (κ3) is 2.01. The number of halogens is 1. The van der Waals surface area contributed by atoms with E-state index in [9.17, 15) is 0 Å². The highest BCUT2D eigenvalue weighted by Gasteiger charge is 2.29. The van der Waals surface area contributed by atoms with Crippen LogP contribution in [0, 0.1) is 0 Å². The van der Waals surface area contributed by atoms with Gasteiger partial charge in [0.25, 0.3) is 0 Å². The van der Waals surface area contributed by atoms with Crippen molar-refractivity contribution in [2.75, 3.05) is 6.61 Å². The van der Waals surface area contributed by atoms with Crippen LogP contribution in [-0.4, -0.2) is 27.5 Å². The fraction of sp³-hybridized carbons (Fsp3) is 0.800. The molecular formula is C10H16ClN3O. The Kier molecular flexibility index (Phi) is 3.26. The molecule has 0 radical (unpaired) electrons. The summed E-state index contributed by atoms with van der Waals surface area (Å²) in [5, 5.41) is 8.53. The van der Waals surface area contributed by atoms with Crippen LogP contribution in [0.5, 0.6) is 0 Å². The number of aromatic nitrogens is 3. The monoisotopic (exact) mass is 229 g/mol. The van der Waals surface area contributed by atoms with Gasteiger partial charge >= 0.3 is 0 Å². The van der Waals surface area contributed by atoms with E-state index in [0.29, 0.717) is 11.3 Å². The molecule has 2 rings (SSSR count). The van der Waals surface area contributed by atoms with Crippen LogP contribution in [0.15, 0.2) is 0 Å². The minimum atomic E-state index is 0.203. The van der Waals surface area contributed by atoms with Crippen molar-refractivity contribution in [2.45, 2.75) is 45.3 Å². The van der Waals surface area contributed by atoms with Gasteiger partial charge in [-0.3, -0.25) is 4.57 Å². The van der Waals surface area contributed by atoms with E-state index in [1.807, 2.05) is 4.57 Å². The number of rotatable bonds is 3. The highest BCUT2D eigenvalue weighted by atomic mass is 35.5. The van der Waals surface area contributed by atoms with Gasteiger partial charge in [0.15, 0.2) is 0 Å². The highest BCUT2D eigenvalue weighted by Crippen LogP contribution is 2.29. The molecule has 2 atom stereocenters. The third-order valence-corrected chi connectivity index (χ3v) is 3.12. The summed E-state index contributed by atoms with van der Waals surface area (Å²) in [5.74, 6) is 0.977. The molecular weight excluding hydrogens is 214 g/mol. The molecule has 84 valence electrons. The average Bonchev–Trinajstić information content (AvgIpc) is 2.75. The van der Waals surface area contributed by atoms with Crippen LogP contribution in [0.25, 0.3) is 0 Å². The lowest BCUT2D eigenvalue weighted by Gasteiger charge is -2.18. The molecule has 1 aliphatic rings. The van der Waals surface area contributed by atoms with Gasteiger partial charge in [-0.15, -0.1) is 10.2 Å². The van der Waals surface area contributed by atoms with Gasteiger partial charge in [0.2, 0.25) is 5.28 Å². The Morgan fingerprint density at radius 3 is 2.93 bits per heavy atom. The normalized spacial score (nSPS) is 26.1. The number of ether oxygens (including phenoxy) is 1. The van der Waals surface area contributed by atoms with Gasteiger partial charge in [0.05, 0.1) is 12.1 Å². The summed E-state index contributed by atoms with van der Waals surface area (Å²) < 4.78 is 7.57. The lowest BCUT2D eigenvalue weighted by atomic mass is 10.1. The fourth-order valence-corrected chi connectivity index (χ4v) is 2.34. The Balaban J connectivity index is 2.28. The van der Waals surface area contributed by atoms with Crippen LogP contribution in [0.4, 0.5) is 0 Å². The Hall–Kier alpha value is -0.610. The van der Waals surface area contributed by atoms with Crippen molar-refractivity contribution in [1.82, 2.24) is 14.8 Å². The van der Waals surface area contributed by atoms with Crippen molar-refractivity contribution in [3.63, 3.8) is 0 Å². The van der Waals surface area contributed by atoms with Crippen molar-refractivity contribution < 1.29 is 4.74 Å². The predicted molar refractivity (Wildman–Crippen MR) is 58.1 cm³/mol. The van der Waals surface area contributed by atoms with E-state index in [2.05, 4.69) is 24.0 Å². The molecule has 0 saturated carbocycles. The largest absolute Gasteiger partial charge is 0.376 e. The van der Waals surface area contributed by atoms with Crippen molar-refractivity contribution in [1.29, 1.82) is 0 Å². The van der Waals surface area contributed by atoms with E-state index in [4.69, 9.17) is 16.3 Å².